The average Bonchev–Trinajstić information content (AvgIpc) is 3.00. The molecule has 0 spiro atoms. The Kier molecular flexibility index (Phi) is 8.35. The van der Waals surface area contributed by atoms with E-state index in [2.05, 4.69) is 102 Å². The molecule has 6 rings (SSSR count). The monoisotopic (exact) mass is 582 g/mol. The number of nitrogens with zero attached hydrogens (tertiary/aromatic N) is 4. The van der Waals surface area contributed by atoms with Crippen molar-refractivity contribution < 1.29 is 4.39 Å². The molecule has 0 bridgehead atoms. The van der Waals surface area contributed by atoms with Crippen molar-refractivity contribution in [3.8, 4) is 11.1 Å². The third-order valence-electron chi connectivity index (χ3n) is 9.30. The molecule has 3 aliphatic heterocycles. The van der Waals surface area contributed by atoms with E-state index in [1.165, 1.54) is 48.7 Å². The number of pyridine rings is 1. The van der Waals surface area contributed by atoms with Crippen molar-refractivity contribution in [3.63, 3.8) is 0 Å². The molecular formula is C36H40ClFN4. The Labute approximate surface area is 254 Å². The van der Waals surface area contributed by atoms with Crippen molar-refractivity contribution in [2.45, 2.75) is 57.3 Å². The van der Waals surface area contributed by atoms with Gasteiger partial charge >= 0.3 is 0 Å². The van der Waals surface area contributed by atoms with Crippen LogP contribution in [0.2, 0.25) is 5.02 Å². The molecule has 2 aromatic carbocycles. The van der Waals surface area contributed by atoms with Gasteiger partial charge in [0.2, 0.25) is 0 Å². The highest BCUT2D eigenvalue weighted by atomic mass is 35.5. The fraction of sp³-hybridized carbons (Fsp3) is 0.361. The van der Waals surface area contributed by atoms with Crippen molar-refractivity contribution in [1.29, 1.82) is 0 Å². The molecular weight excluding hydrogens is 543 g/mol. The summed E-state index contributed by atoms with van der Waals surface area (Å²) in [6.45, 7) is 6.93. The van der Waals surface area contributed by atoms with Gasteiger partial charge in [-0.25, -0.2) is 4.39 Å². The topological polar surface area (TPSA) is 22.6 Å². The van der Waals surface area contributed by atoms with Crippen LogP contribution in [-0.2, 0) is 6.42 Å². The van der Waals surface area contributed by atoms with Crippen molar-refractivity contribution in [2.75, 3.05) is 27.2 Å². The molecule has 4 heterocycles. The number of aromatic nitrogens is 1. The molecule has 2 atom stereocenters. The number of piperidine rings is 1. The zero-order chi connectivity index (χ0) is 29.4. The second kappa shape index (κ2) is 12.2. The van der Waals surface area contributed by atoms with Crippen LogP contribution in [0.1, 0.15) is 49.3 Å². The second-order valence-corrected chi connectivity index (χ2v) is 12.7. The molecule has 0 aliphatic carbocycles. The van der Waals surface area contributed by atoms with Crippen LogP contribution in [0.5, 0.6) is 0 Å². The van der Waals surface area contributed by atoms with Gasteiger partial charge in [-0.1, -0.05) is 48.0 Å². The number of likely N-dealkylation sites (N-methyl/N-ethyl adjacent to an activating group) is 2. The fourth-order valence-electron chi connectivity index (χ4n) is 6.83. The summed E-state index contributed by atoms with van der Waals surface area (Å²) in [4.78, 5) is 11.8. The minimum atomic E-state index is -0.224. The number of hydrogen-bond donors (Lipinski definition) is 0. The number of benzene rings is 2. The molecule has 4 nitrogen and oxygen atoms in total. The van der Waals surface area contributed by atoms with Gasteiger partial charge in [0.05, 0.1) is 0 Å². The van der Waals surface area contributed by atoms with Crippen LogP contribution in [0, 0.1) is 5.82 Å². The van der Waals surface area contributed by atoms with E-state index >= 15 is 0 Å². The summed E-state index contributed by atoms with van der Waals surface area (Å²) in [7, 11) is 4.20. The van der Waals surface area contributed by atoms with E-state index in [9.17, 15) is 4.39 Å². The van der Waals surface area contributed by atoms with E-state index in [-0.39, 0.29) is 18.0 Å². The molecule has 42 heavy (non-hydrogen) atoms. The smallest absolute Gasteiger partial charge is 0.126 e. The number of halogens is 2. The third-order valence-corrected chi connectivity index (χ3v) is 9.54. The van der Waals surface area contributed by atoms with Gasteiger partial charge in [-0.3, -0.25) is 9.88 Å². The molecule has 3 aliphatic rings. The first kappa shape index (κ1) is 28.9. The van der Waals surface area contributed by atoms with Crippen molar-refractivity contribution >= 4 is 17.2 Å². The maximum absolute atomic E-state index is 14.8. The third kappa shape index (κ3) is 5.83. The zero-order valence-electron chi connectivity index (χ0n) is 25.0. The van der Waals surface area contributed by atoms with E-state index < -0.39 is 0 Å². The summed E-state index contributed by atoms with van der Waals surface area (Å²) in [5.74, 6) is 0.406. The summed E-state index contributed by atoms with van der Waals surface area (Å²) >= 11 is 6.24. The lowest BCUT2D eigenvalue weighted by molar-refractivity contribution is 0.120. The lowest BCUT2D eigenvalue weighted by Gasteiger charge is -2.45. The predicted octanol–water partition coefficient (Wildman–Crippen LogP) is 7.78. The average molecular weight is 583 g/mol. The Balaban J connectivity index is 1.29. The highest BCUT2D eigenvalue weighted by Gasteiger charge is 2.35. The molecule has 0 N–H and O–H groups in total. The Morgan fingerprint density at radius 2 is 1.69 bits per heavy atom. The van der Waals surface area contributed by atoms with E-state index in [0.717, 1.165) is 16.7 Å². The highest BCUT2D eigenvalue weighted by Crippen LogP contribution is 2.39. The minimum absolute atomic E-state index is 0.0193. The largest absolute Gasteiger partial charge is 0.361 e. The van der Waals surface area contributed by atoms with Gasteiger partial charge in [0, 0.05) is 53.9 Å². The Morgan fingerprint density at radius 1 is 0.952 bits per heavy atom. The van der Waals surface area contributed by atoms with Crippen LogP contribution < -0.4 is 0 Å². The van der Waals surface area contributed by atoms with Gasteiger partial charge in [0.15, 0.2) is 0 Å². The Bertz CT molecular complexity index is 1520. The summed E-state index contributed by atoms with van der Waals surface area (Å²) < 4.78 is 14.8. The fourth-order valence-corrected chi connectivity index (χ4v) is 7.02. The Hall–Kier alpha value is -3.25. The molecule has 0 saturated carbocycles. The molecule has 3 aromatic rings. The highest BCUT2D eigenvalue weighted by molar-refractivity contribution is 6.30. The van der Waals surface area contributed by atoms with Gasteiger partial charge < -0.3 is 9.80 Å². The number of allylic oxidation sites excluding steroid dienone is 2. The van der Waals surface area contributed by atoms with Crippen LogP contribution in [0.25, 0.3) is 16.7 Å². The first-order valence-corrected chi connectivity index (χ1v) is 15.4. The normalized spacial score (nSPS) is 21.8. The standard InChI is InChI=1S/C36H40ClFN4/c1-24(2)42-16-13-27(14-17-42)25-7-9-26(10-8-25)29-18-30(23-39-22-29)34-21-32(20-28-19-31(37)11-12-35(28)38)41(4)36-33(34)6-5-15-40(36)3/h5-12,15,18-19,21-24,27,32,36H,13-14,16-17,20H2,1-4H3. The van der Waals surface area contributed by atoms with Crippen molar-refractivity contribution in [2.24, 2.45) is 0 Å². The minimum Gasteiger partial charge on any atom is -0.361 e. The van der Waals surface area contributed by atoms with Crippen molar-refractivity contribution in [1.82, 2.24) is 19.7 Å². The lowest BCUT2D eigenvalue weighted by Crippen LogP contribution is -2.52. The SMILES string of the molecule is CC(C)N1CCC(c2ccc(-c3cncc(C4=CC(Cc5cc(Cl)ccc5F)N(C)C5C4=CC=CN5C)c3)cc2)CC1. The summed E-state index contributed by atoms with van der Waals surface area (Å²) in [6.07, 6.45) is 15.5. The second-order valence-electron chi connectivity index (χ2n) is 12.2. The maximum Gasteiger partial charge on any atom is 0.126 e. The maximum atomic E-state index is 14.8. The van der Waals surface area contributed by atoms with Crippen LogP contribution in [0.4, 0.5) is 4.39 Å². The van der Waals surface area contributed by atoms with E-state index in [1.54, 1.807) is 12.1 Å². The van der Waals surface area contributed by atoms with Gasteiger partial charge in [-0.15, -0.1) is 0 Å². The molecule has 0 radical (unpaired) electrons. The summed E-state index contributed by atoms with van der Waals surface area (Å²) in [5.41, 5.74) is 7.76. The van der Waals surface area contributed by atoms with Crippen LogP contribution in [0.15, 0.2) is 90.9 Å². The predicted molar refractivity (Wildman–Crippen MR) is 172 cm³/mol. The van der Waals surface area contributed by atoms with Gasteiger partial charge in [0.25, 0.3) is 0 Å². The molecule has 1 aromatic heterocycles. The van der Waals surface area contributed by atoms with E-state index in [0.29, 0.717) is 29.0 Å². The number of rotatable bonds is 6. The first-order valence-electron chi connectivity index (χ1n) is 15.1. The Morgan fingerprint density at radius 3 is 2.43 bits per heavy atom. The molecule has 6 heteroatoms. The van der Waals surface area contributed by atoms with Gasteiger partial charge in [-0.2, -0.15) is 0 Å². The summed E-state index contributed by atoms with van der Waals surface area (Å²) in [5, 5.41) is 0.552. The van der Waals surface area contributed by atoms with Gasteiger partial charge in [-0.05, 0) is 117 Å². The molecule has 2 unspecified atom stereocenters. The molecule has 1 fully saturated rings. The van der Waals surface area contributed by atoms with Gasteiger partial charge in [0.1, 0.15) is 12.0 Å². The number of fused-ring (bicyclic) bond motifs is 1. The van der Waals surface area contributed by atoms with E-state index in [4.69, 9.17) is 11.6 Å². The quantitative estimate of drug-likeness (QED) is 0.296. The van der Waals surface area contributed by atoms with Crippen LogP contribution >= 0.6 is 11.6 Å². The van der Waals surface area contributed by atoms with Crippen LogP contribution in [0.3, 0.4) is 0 Å². The number of likely N-dealkylation sites (tertiary alicyclic amines) is 1. The molecule has 1 saturated heterocycles. The molecule has 218 valence electrons. The summed E-state index contributed by atoms with van der Waals surface area (Å²) in [6, 6.07) is 16.8. The first-order chi connectivity index (χ1) is 20.3. The number of hydrogen-bond acceptors (Lipinski definition) is 4. The van der Waals surface area contributed by atoms with Crippen molar-refractivity contribution in [3.05, 3.63) is 118 Å². The zero-order valence-corrected chi connectivity index (χ0v) is 25.7. The lowest BCUT2D eigenvalue weighted by atomic mass is 9.85. The van der Waals surface area contributed by atoms with Crippen LogP contribution in [-0.4, -0.2) is 65.1 Å². The van der Waals surface area contributed by atoms with E-state index in [1.807, 2.05) is 12.4 Å². The molecule has 0 amide bonds.